The second kappa shape index (κ2) is 11.9. The maximum Gasteiger partial charge on any atom is 0.251 e. The minimum Gasteiger partial charge on any atom is -0.493 e. The summed E-state index contributed by atoms with van der Waals surface area (Å²) in [5, 5.41) is 2.90. The molecular formula is C25H27Cl2FN4O3. The summed E-state index contributed by atoms with van der Waals surface area (Å²) in [6.45, 7) is 2.51. The van der Waals surface area contributed by atoms with E-state index in [1.807, 2.05) is 36.7 Å². The number of nitrogens with zero attached hydrogens (tertiary/aromatic N) is 2. The number of aryl methyl sites for hydroxylation is 2. The molecule has 3 aromatic carbocycles. The first kappa shape index (κ1) is 27.9. The number of imidazole rings is 1. The van der Waals surface area contributed by atoms with Crippen molar-refractivity contribution in [3.8, 4) is 17.2 Å². The Morgan fingerprint density at radius 1 is 1.03 bits per heavy atom. The zero-order chi connectivity index (χ0) is 23.5. The summed E-state index contributed by atoms with van der Waals surface area (Å²) >= 11 is 0. The van der Waals surface area contributed by atoms with Crippen LogP contribution in [0.25, 0.3) is 11.0 Å². The molecule has 4 rings (SSSR count). The van der Waals surface area contributed by atoms with Gasteiger partial charge in [0, 0.05) is 25.7 Å². The van der Waals surface area contributed by atoms with Crippen LogP contribution < -0.4 is 20.5 Å². The van der Waals surface area contributed by atoms with E-state index >= 15 is 0 Å². The summed E-state index contributed by atoms with van der Waals surface area (Å²) in [6.07, 6.45) is 0. The van der Waals surface area contributed by atoms with Crippen LogP contribution in [0.3, 0.4) is 0 Å². The number of hydrogen-bond acceptors (Lipinski definition) is 5. The van der Waals surface area contributed by atoms with Gasteiger partial charge in [-0.15, -0.1) is 24.8 Å². The average Bonchev–Trinajstić information content (AvgIpc) is 3.11. The number of rotatable bonds is 7. The molecule has 1 heterocycles. The standard InChI is InChI=1S/C25H25FN4O3.2ClH/c1-15-29-20-11-17(4-7-21(20)30(15)2)14-28-25(31)18-6-9-23(32-3)24(12-18)33-22-8-5-16(13-27)10-19(22)26;;/h4-12H,13-14,27H2,1-3H3,(H,28,31);2*1H. The Balaban J connectivity index is 0.00000216. The Bertz CT molecular complexity index is 1340. The number of amides is 1. The molecule has 0 aliphatic heterocycles. The third kappa shape index (κ3) is 6.03. The van der Waals surface area contributed by atoms with Crippen molar-refractivity contribution in [2.75, 3.05) is 7.11 Å². The third-order valence-electron chi connectivity index (χ3n) is 5.50. The second-order valence-electron chi connectivity index (χ2n) is 7.66. The van der Waals surface area contributed by atoms with Crippen molar-refractivity contribution < 1.29 is 18.7 Å². The highest BCUT2D eigenvalue weighted by atomic mass is 35.5. The predicted octanol–water partition coefficient (Wildman–Crippen LogP) is 5.05. The maximum atomic E-state index is 14.4. The van der Waals surface area contributed by atoms with E-state index in [4.69, 9.17) is 15.2 Å². The Morgan fingerprint density at radius 2 is 1.74 bits per heavy atom. The number of carbonyl (C=O) groups excluding carboxylic acids is 1. The number of ether oxygens (including phenoxy) is 2. The molecule has 0 bridgehead atoms. The molecule has 186 valence electrons. The normalized spacial score (nSPS) is 10.3. The van der Waals surface area contributed by atoms with Crippen molar-refractivity contribution in [3.63, 3.8) is 0 Å². The highest BCUT2D eigenvalue weighted by Gasteiger charge is 2.14. The Morgan fingerprint density at radius 3 is 2.43 bits per heavy atom. The van der Waals surface area contributed by atoms with E-state index in [1.165, 1.54) is 25.3 Å². The lowest BCUT2D eigenvalue weighted by molar-refractivity contribution is 0.0950. The fraction of sp³-hybridized carbons (Fsp3) is 0.200. The van der Waals surface area contributed by atoms with Crippen molar-refractivity contribution >= 4 is 41.8 Å². The van der Waals surface area contributed by atoms with E-state index in [0.717, 1.165) is 22.4 Å². The van der Waals surface area contributed by atoms with Gasteiger partial charge >= 0.3 is 0 Å². The van der Waals surface area contributed by atoms with Gasteiger partial charge < -0.3 is 25.1 Å². The lowest BCUT2D eigenvalue weighted by Gasteiger charge is -2.13. The third-order valence-corrected chi connectivity index (χ3v) is 5.50. The molecule has 1 aromatic heterocycles. The number of benzene rings is 3. The van der Waals surface area contributed by atoms with Crippen LogP contribution in [0, 0.1) is 12.7 Å². The average molecular weight is 521 g/mol. The summed E-state index contributed by atoms with van der Waals surface area (Å²) in [4.78, 5) is 17.3. The topological polar surface area (TPSA) is 91.4 Å². The number of aromatic nitrogens is 2. The minimum atomic E-state index is -0.546. The summed E-state index contributed by atoms with van der Waals surface area (Å²) in [7, 11) is 3.44. The lowest BCUT2D eigenvalue weighted by atomic mass is 10.1. The highest BCUT2D eigenvalue weighted by Crippen LogP contribution is 2.34. The molecule has 0 atom stereocenters. The molecule has 0 saturated heterocycles. The van der Waals surface area contributed by atoms with Crippen molar-refractivity contribution in [3.05, 3.63) is 82.9 Å². The van der Waals surface area contributed by atoms with Crippen molar-refractivity contribution in [1.29, 1.82) is 0 Å². The van der Waals surface area contributed by atoms with Crippen LogP contribution in [0.1, 0.15) is 27.3 Å². The number of carbonyl (C=O) groups is 1. The molecule has 0 unspecified atom stereocenters. The van der Waals surface area contributed by atoms with Crippen LogP contribution in [0.15, 0.2) is 54.6 Å². The van der Waals surface area contributed by atoms with Gasteiger partial charge in [0.05, 0.1) is 18.1 Å². The molecule has 1 amide bonds. The molecule has 35 heavy (non-hydrogen) atoms. The minimum absolute atomic E-state index is 0. The number of methoxy groups -OCH3 is 1. The van der Waals surface area contributed by atoms with E-state index in [-0.39, 0.29) is 48.8 Å². The molecule has 7 nitrogen and oxygen atoms in total. The molecule has 0 aliphatic rings. The van der Waals surface area contributed by atoms with Crippen LogP contribution in [0.2, 0.25) is 0 Å². The Kier molecular flexibility index (Phi) is 9.47. The molecule has 0 saturated carbocycles. The van der Waals surface area contributed by atoms with E-state index in [9.17, 15) is 9.18 Å². The van der Waals surface area contributed by atoms with E-state index in [0.29, 0.717) is 23.4 Å². The zero-order valence-corrected chi connectivity index (χ0v) is 21.1. The molecule has 10 heteroatoms. The largest absolute Gasteiger partial charge is 0.493 e. The van der Waals surface area contributed by atoms with Gasteiger partial charge in [-0.3, -0.25) is 4.79 Å². The van der Waals surface area contributed by atoms with Gasteiger partial charge in [-0.05, 0) is 60.5 Å². The van der Waals surface area contributed by atoms with Gasteiger partial charge in [-0.1, -0.05) is 12.1 Å². The molecule has 0 fully saturated rings. The SMILES string of the molecule is COc1ccc(C(=O)NCc2ccc3c(c2)nc(C)n3C)cc1Oc1ccc(CN)cc1F.Cl.Cl. The van der Waals surface area contributed by atoms with Crippen molar-refractivity contribution in [2.45, 2.75) is 20.0 Å². The first-order valence-corrected chi connectivity index (χ1v) is 10.4. The van der Waals surface area contributed by atoms with Crippen LogP contribution in [0.4, 0.5) is 4.39 Å². The van der Waals surface area contributed by atoms with Gasteiger partial charge in [0.2, 0.25) is 0 Å². The zero-order valence-electron chi connectivity index (χ0n) is 19.5. The number of hydrogen-bond donors (Lipinski definition) is 2. The number of nitrogens with one attached hydrogen (secondary N) is 1. The van der Waals surface area contributed by atoms with Gasteiger partial charge in [-0.25, -0.2) is 9.37 Å². The second-order valence-corrected chi connectivity index (χ2v) is 7.66. The van der Waals surface area contributed by atoms with Gasteiger partial charge in [0.1, 0.15) is 5.82 Å². The van der Waals surface area contributed by atoms with Crippen molar-refractivity contribution in [1.82, 2.24) is 14.9 Å². The summed E-state index contributed by atoms with van der Waals surface area (Å²) in [6, 6.07) is 15.2. The van der Waals surface area contributed by atoms with Crippen molar-refractivity contribution in [2.24, 2.45) is 12.8 Å². The van der Waals surface area contributed by atoms with Crippen LogP contribution in [0.5, 0.6) is 17.2 Å². The molecular weight excluding hydrogens is 494 g/mol. The molecule has 0 aliphatic carbocycles. The van der Waals surface area contributed by atoms with E-state index in [1.54, 1.807) is 18.2 Å². The number of halogens is 3. The quantitative estimate of drug-likeness (QED) is 0.355. The first-order chi connectivity index (χ1) is 15.9. The molecule has 0 radical (unpaired) electrons. The maximum absolute atomic E-state index is 14.4. The number of fused-ring (bicyclic) bond motifs is 1. The first-order valence-electron chi connectivity index (χ1n) is 10.4. The Hall–Kier alpha value is -3.33. The predicted molar refractivity (Wildman–Crippen MR) is 138 cm³/mol. The Labute approximate surface area is 215 Å². The fourth-order valence-corrected chi connectivity index (χ4v) is 3.53. The smallest absolute Gasteiger partial charge is 0.251 e. The molecule has 4 aromatic rings. The fourth-order valence-electron chi connectivity index (χ4n) is 3.53. The van der Waals surface area contributed by atoms with E-state index < -0.39 is 5.82 Å². The molecule has 0 spiro atoms. The monoisotopic (exact) mass is 520 g/mol. The van der Waals surface area contributed by atoms with Crippen LogP contribution >= 0.6 is 24.8 Å². The van der Waals surface area contributed by atoms with Gasteiger partial charge in [0.15, 0.2) is 23.1 Å². The van der Waals surface area contributed by atoms with Gasteiger partial charge in [0.25, 0.3) is 5.91 Å². The highest BCUT2D eigenvalue weighted by molar-refractivity contribution is 5.95. The van der Waals surface area contributed by atoms with E-state index in [2.05, 4.69) is 10.3 Å². The van der Waals surface area contributed by atoms with Gasteiger partial charge in [-0.2, -0.15) is 0 Å². The lowest BCUT2D eigenvalue weighted by Crippen LogP contribution is -2.22. The molecule has 3 N–H and O–H groups in total. The summed E-state index contributed by atoms with van der Waals surface area (Å²) in [5.41, 5.74) is 9.41. The summed E-state index contributed by atoms with van der Waals surface area (Å²) < 4.78 is 27.4. The van der Waals surface area contributed by atoms with Crippen LogP contribution in [-0.2, 0) is 20.1 Å². The number of nitrogens with two attached hydrogens (primary N) is 1. The summed E-state index contributed by atoms with van der Waals surface area (Å²) in [5.74, 6) is 0.710. The van der Waals surface area contributed by atoms with Crippen LogP contribution in [-0.4, -0.2) is 22.6 Å².